The SMILES string of the molecule is Cc1cc(C)c(NC(=O)Cn2cc(CCO)nn2)c(Cl)c1. The first-order chi connectivity index (χ1) is 9.99. The van der Waals surface area contributed by atoms with E-state index in [2.05, 4.69) is 15.6 Å². The molecule has 1 amide bonds. The molecule has 1 aromatic carbocycles. The first-order valence-corrected chi connectivity index (χ1v) is 6.94. The Bertz CT molecular complexity index is 631. The maximum Gasteiger partial charge on any atom is 0.246 e. The van der Waals surface area contributed by atoms with Crippen LogP contribution in [0.4, 0.5) is 5.69 Å². The van der Waals surface area contributed by atoms with Gasteiger partial charge in [0.15, 0.2) is 0 Å². The van der Waals surface area contributed by atoms with Crippen LogP contribution in [-0.4, -0.2) is 32.6 Å². The zero-order chi connectivity index (χ0) is 15.4. The minimum Gasteiger partial charge on any atom is -0.396 e. The lowest BCUT2D eigenvalue weighted by molar-refractivity contribution is -0.116. The maximum absolute atomic E-state index is 12.0. The van der Waals surface area contributed by atoms with Crippen molar-refractivity contribution in [2.75, 3.05) is 11.9 Å². The van der Waals surface area contributed by atoms with Crippen molar-refractivity contribution in [2.45, 2.75) is 26.8 Å². The van der Waals surface area contributed by atoms with Crippen LogP contribution in [0.1, 0.15) is 16.8 Å². The molecule has 7 heteroatoms. The molecule has 0 atom stereocenters. The van der Waals surface area contributed by atoms with E-state index in [4.69, 9.17) is 16.7 Å². The van der Waals surface area contributed by atoms with Gasteiger partial charge in [-0.15, -0.1) is 5.10 Å². The Hall–Kier alpha value is -1.92. The van der Waals surface area contributed by atoms with Gasteiger partial charge in [-0.05, 0) is 31.0 Å². The average Bonchev–Trinajstić information content (AvgIpc) is 2.81. The van der Waals surface area contributed by atoms with Gasteiger partial charge < -0.3 is 10.4 Å². The van der Waals surface area contributed by atoms with Crippen LogP contribution in [-0.2, 0) is 17.8 Å². The fourth-order valence-corrected chi connectivity index (χ4v) is 2.41. The van der Waals surface area contributed by atoms with Gasteiger partial charge in [-0.1, -0.05) is 22.9 Å². The molecule has 0 unspecified atom stereocenters. The maximum atomic E-state index is 12.0. The third kappa shape index (κ3) is 4.03. The first kappa shape index (κ1) is 15.5. The highest BCUT2D eigenvalue weighted by atomic mass is 35.5. The zero-order valence-corrected chi connectivity index (χ0v) is 12.7. The summed E-state index contributed by atoms with van der Waals surface area (Å²) in [5.41, 5.74) is 3.21. The molecular formula is C14H17ClN4O2. The monoisotopic (exact) mass is 308 g/mol. The molecule has 6 nitrogen and oxygen atoms in total. The van der Waals surface area contributed by atoms with Crippen molar-refractivity contribution in [2.24, 2.45) is 0 Å². The molecule has 0 radical (unpaired) electrons. The van der Waals surface area contributed by atoms with Gasteiger partial charge in [-0.2, -0.15) is 0 Å². The second-order valence-electron chi connectivity index (χ2n) is 4.87. The molecule has 1 aromatic heterocycles. The van der Waals surface area contributed by atoms with E-state index < -0.39 is 0 Å². The van der Waals surface area contributed by atoms with Gasteiger partial charge in [0, 0.05) is 19.2 Å². The summed E-state index contributed by atoms with van der Waals surface area (Å²) in [6.07, 6.45) is 2.06. The quantitative estimate of drug-likeness (QED) is 0.881. The second kappa shape index (κ2) is 6.69. The van der Waals surface area contributed by atoms with Gasteiger partial charge in [-0.25, -0.2) is 4.68 Å². The van der Waals surface area contributed by atoms with Crippen molar-refractivity contribution < 1.29 is 9.90 Å². The zero-order valence-electron chi connectivity index (χ0n) is 11.9. The number of nitrogens with zero attached hydrogens (tertiary/aromatic N) is 3. The summed E-state index contributed by atoms with van der Waals surface area (Å²) in [6.45, 7) is 3.89. The molecule has 112 valence electrons. The van der Waals surface area contributed by atoms with Crippen LogP contribution >= 0.6 is 11.6 Å². The van der Waals surface area contributed by atoms with Crippen molar-refractivity contribution in [3.63, 3.8) is 0 Å². The van der Waals surface area contributed by atoms with E-state index in [1.165, 1.54) is 4.68 Å². The Labute approximate surface area is 127 Å². The molecule has 0 aliphatic rings. The molecule has 0 aliphatic carbocycles. The molecule has 0 spiro atoms. The fraction of sp³-hybridized carbons (Fsp3) is 0.357. The van der Waals surface area contributed by atoms with Gasteiger partial charge in [0.25, 0.3) is 0 Å². The predicted octanol–water partition coefficient (Wildman–Crippen LogP) is 1.72. The molecule has 1 heterocycles. The number of anilines is 1. The number of aliphatic hydroxyl groups is 1. The lowest BCUT2D eigenvalue weighted by Gasteiger charge is -2.11. The number of benzene rings is 1. The number of carbonyl (C=O) groups excluding carboxylic acids is 1. The molecule has 2 aromatic rings. The van der Waals surface area contributed by atoms with Crippen LogP contribution in [0.25, 0.3) is 0 Å². The van der Waals surface area contributed by atoms with Crippen molar-refractivity contribution in [1.82, 2.24) is 15.0 Å². The Morgan fingerprint density at radius 1 is 1.43 bits per heavy atom. The number of hydrogen-bond acceptors (Lipinski definition) is 4. The highest BCUT2D eigenvalue weighted by Crippen LogP contribution is 2.27. The predicted molar refractivity (Wildman–Crippen MR) is 80.4 cm³/mol. The van der Waals surface area contributed by atoms with Gasteiger partial charge in [-0.3, -0.25) is 4.79 Å². The number of hydrogen-bond donors (Lipinski definition) is 2. The van der Waals surface area contributed by atoms with E-state index >= 15 is 0 Å². The number of aryl methyl sites for hydroxylation is 2. The van der Waals surface area contributed by atoms with Crippen molar-refractivity contribution in [3.05, 3.63) is 40.2 Å². The number of aromatic nitrogens is 3. The van der Waals surface area contributed by atoms with E-state index in [0.717, 1.165) is 11.1 Å². The fourth-order valence-electron chi connectivity index (χ4n) is 2.05. The Balaban J connectivity index is 2.04. The molecular weight excluding hydrogens is 292 g/mol. The Morgan fingerprint density at radius 2 is 2.19 bits per heavy atom. The summed E-state index contributed by atoms with van der Waals surface area (Å²) >= 11 is 6.15. The number of nitrogens with one attached hydrogen (secondary N) is 1. The Morgan fingerprint density at radius 3 is 2.86 bits per heavy atom. The molecule has 2 rings (SSSR count). The van der Waals surface area contributed by atoms with Crippen molar-refractivity contribution >= 4 is 23.2 Å². The summed E-state index contributed by atoms with van der Waals surface area (Å²) in [5.74, 6) is -0.232. The lowest BCUT2D eigenvalue weighted by Crippen LogP contribution is -2.20. The van der Waals surface area contributed by atoms with Gasteiger partial charge in [0.05, 0.1) is 16.4 Å². The highest BCUT2D eigenvalue weighted by Gasteiger charge is 2.11. The van der Waals surface area contributed by atoms with Gasteiger partial charge in [0.2, 0.25) is 5.91 Å². The van der Waals surface area contributed by atoms with Crippen LogP contribution in [0, 0.1) is 13.8 Å². The Kier molecular flexibility index (Phi) is 4.93. The number of amides is 1. The molecule has 0 saturated heterocycles. The van der Waals surface area contributed by atoms with Crippen molar-refractivity contribution in [1.29, 1.82) is 0 Å². The lowest BCUT2D eigenvalue weighted by atomic mass is 10.1. The first-order valence-electron chi connectivity index (χ1n) is 6.56. The minimum atomic E-state index is -0.232. The van der Waals surface area contributed by atoms with E-state index in [1.807, 2.05) is 19.9 Å². The van der Waals surface area contributed by atoms with E-state index in [0.29, 0.717) is 22.8 Å². The van der Waals surface area contributed by atoms with Gasteiger partial charge >= 0.3 is 0 Å². The summed E-state index contributed by atoms with van der Waals surface area (Å²) in [7, 11) is 0. The number of carbonyl (C=O) groups is 1. The van der Waals surface area contributed by atoms with Crippen LogP contribution in [0.3, 0.4) is 0 Å². The third-order valence-electron chi connectivity index (χ3n) is 2.96. The smallest absolute Gasteiger partial charge is 0.246 e. The molecule has 21 heavy (non-hydrogen) atoms. The molecule has 0 fully saturated rings. The molecule has 0 saturated carbocycles. The summed E-state index contributed by atoms with van der Waals surface area (Å²) in [6, 6.07) is 3.76. The number of rotatable bonds is 5. The summed E-state index contributed by atoms with van der Waals surface area (Å²) in [5, 5.41) is 19.8. The normalized spacial score (nSPS) is 10.7. The second-order valence-corrected chi connectivity index (χ2v) is 5.28. The minimum absolute atomic E-state index is 0.00303. The average molecular weight is 309 g/mol. The van der Waals surface area contributed by atoms with Gasteiger partial charge in [0.1, 0.15) is 6.54 Å². The standard InChI is InChI=1S/C14H17ClN4O2/c1-9-5-10(2)14(12(15)6-9)16-13(21)8-19-7-11(3-4-20)17-18-19/h5-7,20H,3-4,8H2,1-2H3,(H,16,21). The van der Waals surface area contributed by atoms with E-state index in [-0.39, 0.29) is 19.1 Å². The summed E-state index contributed by atoms with van der Waals surface area (Å²) in [4.78, 5) is 12.0. The molecule has 0 bridgehead atoms. The van der Waals surface area contributed by atoms with Crippen molar-refractivity contribution in [3.8, 4) is 0 Å². The van der Waals surface area contributed by atoms with Crippen LogP contribution in [0.2, 0.25) is 5.02 Å². The van der Waals surface area contributed by atoms with E-state index in [9.17, 15) is 4.79 Å². The molecule has 0 aliphatic heterocycles. The van der Waals surface area contributed by atoms with E-state index in [1.54, 1.807) is 12.3 Å². The topological polar surface area (TPSA) is 80.0 Å². The number of aliphatic hydroxyl groups excluding tert-OH is 1. The summed E-state index contributed by atoms with van der Waals surface area (Å²) < 4.78 is 1.43. The van der Waals surface area contributed by atoms with Crippen LogP contribution < -0.4 is 5.32 Å². The molecule has 2 N–H and O–H groups in total. The highest BCUT2D eigenvalue weighted by molar-refractivity contribution is 6.34. The largest absolute Gasteiger partial charge is 0.396 e. The van der Waals surface area contributed by atoms with Crippen LogP contribution in [0.15, 0.2) is 18.3 Å². The number of halogens is 1. The third-order valence-corrected chi connectivity index (χ3v) is 3.25. The van der Waals surface area contributed by atoms with Crippen LogP contribution in [0.5, 0.6) is 0 Å².